The van der Waals surface area contributed by atoms with E-state index in [4.69, 9.17) is 14.5 Å². The van der Waals surface area contributed by atoms with E-state index in [-0.39, 0.29) is 24.3 Å². The van der Waals surface area contributed by atoms with Gasteiger partial charge >= 0.3 is 6.09 Å². The minimum absolute atomic E-state index is 0.104. The maximum absolute atomic E-state index is 12.5. The van der Waals surface area contributed by atoms with Crippen molar-refractivity contribution in [3.8, 4) is 0 Å². The van der Waals surface area contributed by atoms with Gasteiger partial charge in [0, 0.05) is 26.2 Å². The molecular formula is C21H31N3O3. The van der Waals surface area contributed by atoms with Crippen molar-refractivity contribution in [3.63, 3.8) is 0 Å². The Bertz CT molecular complexity index is 726. The Morgan fingerprint density at radius 2 is 2.00 bits per heavy atom. The summed E-state index contributed by atoms with van der Waals surface area (Å²) >= 11 is 0. The van der Waals surface area contributed by atoms with E-state index in [0.717, 1.165) is 17.9 Å². The highest BCUT2D eigenvalue weighted by atomic mass is 16.6. The fraction of sp³-hybridized carbons (Fsp3) is 0.714. The zero-order valence-corrected chi connectivity index (χ0v) is 17.1. The summed E-state index contributed by atoms with van der Waals surface area (Å²) in [5.74, 6) is 1.69. The van der Waals surface area contributed by atoms with E-state index in [1.165, 1.54) is 18.4 Å². The zero-order valence-electron chi connectivity index (χ0n) is 17.1. The molecule has 2 unspecified atom stereocenters. The molecule has 4 rings (SSSR count). The van der Waals surface area contributed by atoms with Gasteiger partial charge in [0.25, 0.3) is 0 Å². The summed E-state index contributed by atoms with van der Waals surface area (Å²) in [4.78, 5) is 21.8. The second-order valence-corrected chi connectivity index (χ2v) is 9.21. The topological polar surface area (TPSA) is 54.9 Å². The van der Waals surface area contributed by atoms with E-state index < -0.39 is 5.60 Å². The molecule has 2 fully saturated rings. The lowest BCUT2D eigenvalue weighted by Crippen LogP contribution is -2.58. The van der Waals surface area contributed by atoms with Crippen LogP contribution in [0.2, 0.25) is 0 Å². The molecule has 1 amide bonds. The van der Waals surface area contributed by atoms with Gasteiger partial charge in [-0.25, -0.2) is 9.78 Å². The van der Waals surface area contributed by atoms with Crippen LogP contribution in [0, 0.1) is 5.92 Å². The summed E-state index contributed by atoms with van der Waals surface area (Å²) in [6, 6.07) is 4.80. The number of nitrogens with zero attached hydrogens (tertiary/aromatic N) is 3. The third kappa shape index (κ3) is 3.64. The van der Waals surface area contributed by atoms with Crippen LogP contribution in [0.15, 0.2) is 12.1 Å². The SMILES string of the molecule is COC(c1ccc2c(n1)N1C(C2)CN(C(=O)OC(C)(C)C)C[C@H]1C)C1CC1. The Balaban J connectivity index is 1.53. The number of piperazine rings is 1. The van der Waals surface area contributed by atoms with E-state index in [1.807, 2.05) is 25.7 Å². The number of hydrogen-bond donors (Lipinski definition) is 0. The molecule has 3 aliphatic rings. The van der Waals surface area contributed by atoms with E-state index in [9.17, 15) is 4.79 Å². The Hall–Kier alpha value is -1.82. The summed E-state index contributed by atoms with van der Waals surface area (Å²) in [5, 5.41) is 0. The molecule has 3 atom stereocenters. The number of carbonyl (C=O) groups excluding carboxylic acids is 1. The van der Waals surface area contributed by atoms with Crippen molar-refractivity contribution in [2.75, 3.05) is 25.1 Å². The number of carbonyl (C=O) groups is 1. The number of ether oxygens (including phenoxy) is 2. The molecule has 6 nitrogen and oxygen atoms in total. The minimum Gasteiger partial charge on any atom is -0.444 e. The zero-order chi connectivity index (χ0) is 19.3. The molecule has 1 saturated heterocycles. The second kappa shape index (κ2) is 6.66. The van der Waals surface area contributed by atoms with Crippen LogP contribution in [0.1, 0.15) is 57.9 Å². The third-order valence-electron chi connectivity index (χ3n) is 5.71. The van der Waals surface area contributed by atoms with E-state index in [1.54, 1.807) is 7.11 Å². The highest BCUT2D eigenvalue weighted by Gasteiger charge is 2.42. The van der Waals surface area contributed by atoms with Gasteiger partial charge in [0.05, 0.1) is 11.7 Å². The highest BCUT2D eigenvalue weighted by Crippen LogP contribution is 2.44. The van der Waals surface area contributed by atoms with Gasteiger partial charge in [0.1, 0.15) is 17.5 Å². The van der Waals surface area contributed by atoms with Crippen LogP contribution in [0.5, 0.6) is 0 Å². The molecular weight excluding hydrogens is 342 g/mol. The van der Waals surface area contributed by atoms with Gasteiger partial charge in [-0.1, -0.05) is 6.07 Å². The molecule has 0 radical (unpaired) electrons. The molecule has 0 N–H and O–H groups in total. The molecule has 6 heteroatoms. The Labute approximate surface area is 161 Å². The Morgan fingerprint density at radius 1 is 1.26 bits per heavy atom. The maximum atomic E-state index is 12.5. The van der Waals surface area contributed by atoms with Gasteiger partial charge in [0.2, 0.25) is 0 Å². The smallest absolute Gasteiger partial charge is 0.410 e. The van der Waals surface area contributed by atoms with E-state index >= 15 is 0 Å². The number of anilines is 1. The van der Waals surface area contributed by atoms with Crippen LogP contribution in [-0.4, -0.2) is 53.9 Å². The van der Waals surface area contributed by atoms with Crippen LogP contribution in [-0.2, 0) is 15.9 Å². The molecule has 1 aromatic heterocycles. The standard InChI is InChI=1S/C21H31N3O3/c1-13-11-23(20(25)27-21(2,3)4)12-16-10-15-8-9-17(22-19(15)24(13)16)18(26-5)14-6-7-14/h8-9,13-14,16,18H,6-7,10-12H2,1-5H3/t13-,16?,18?/m1/s1. The van der Waals surface area contributed by atoms with Gasteiger partial charge in [0.15, 0.2) is 0 Å². The first-order valence-corrected chi connectivity index (χ1v) is 10.1. The lowest BCUT2D eigenvalue weighted by Gasteiger charge is -2.43. The molecule has 148 valence electrons. The Morgan fingerprint density at radius 3 is 2.63 bits per heavy atom. The molecule has 27 heavy (non-hydrogen) atoms. The summed E-state index contributed by atoms with van der Waals surface area (Å²) < 4.78 is 11.3. The molecule has 2 aliphatic heterocycles. The number of methoxy groups -OCH3 is 1. The number of amides is 1. The summed E-state index contributed by atoms with van der Waals surface area (Å²) in [6.07, 6.45) is 3.27. The first kappa shape index (κ1) is 18.5. The first-order valence-electron chi connectivity index (χ1n) is 10.1. The first-order chi connectivity index (χ1) is 12.8. The Kier molecular flexibility index (Phi) is 4.57. The molecule has 1 aliphatic carbocycles. The normalized spacial score (nSPS) is 25.8. The van der Waals surface area contributed by atoms with Gasteiger partial charge in [-0.3, -0.25) is 0 Å². The fourth-order valence-corrected chi connectivity index (χ4v) is 4.44. The van der Waals surface area contributed by atoms with Crippen molar-refractivity contribution in [3.05, 3.63) is 23.4 Å². The number of fused-ring (bicyclic) bond motifs is 3. The average molecular weight is 373 g/mol. The van der Waals surface area contributed by atoms with E-state index in [0.29, 0.717) is 19.0 Å². The lowest BCUT2D eigenvalue weighted by molar-refractivity contribution is 0.0191. The molecule has 0 bridgehead atoms. The quantitative estimate of drug-likeness (QED) is 0.811. The van der Waals surface area contributed by atoms with Gasteiger partial charge < -0.3 is 19.3 Å². The molecule has 1 saturated carbocycles. The van der Waals surface area contributed by atoms with Crippen molar-refractivity contribution in [1.82, 2.24) is 9.88 Å². The van der Waals surface area contributed by atoms with Crippen molar-refractivity contribution < 1.29 is 14.3 Å². The summed E-state index contributed by atoms with van der Waals surface area (Å²) in [6.45, 7) is 9.24. The van der Waals surface area contributed by atoms with E-state index in [2.05, 4.69) is 24.0 Å². The van der Waals surface area contributed by atoms with Gasteiger partial charge in [-0.15, -0.1) is 0 Å². The van der Waals surface area contributed by atoms with Crippen LogP contribution in [0.3, 0.4) is 0 Å². The minimum atomic E-state index is -0.468. The van der Waals surface area contributed by atoms with Gasteiger partial charge in [-0.2, -0.15) is 0 Å². The maximum Gasteiger partial charge on any atom is 0.410 e. The monoisotopic (exact) mass is 373 g/mol. The number of pyridine rings is 1. The van der Waals surface area contributed by atoms with Gasteiger partial charge in [-0.05, 0) is 64.5 Å². The van der Waals surface area contributed by atoms with Crippen molar-refractivity contribution in [2.24, 2.45) is 5.92 Å². The van der Waals surface area contributed by atoms with Crippen LogP contribution in [0.25, 0.3) is 0 Å². The predicted molar refractivity (Wildman–Crippen MR) is 104 cm³/mol. The predicted octanol–water partition coefficient (Wildman–Crippen LogP) is 3.55. The van der Waals surface area contributed by atoms with Crippen molar-refractivity contribution in [1.29, 1.82) is 0 Å². The lowest BCUT2D eigenvalue weighted by atomic mass is 10.1. The number of rotatable bonds is 3. The van der Waals surface area contributed by atoms with Crippen molar-refractivity contribution in [2.45, 2.75) is 70.7 Å². The highest BCUT2D eigenvalue weighted by molar-refractivity contribution is 5.69. The second-order valence-electron chi connectivity index (χ2n) is 9.21. The summed E-state index contributed by atoms with van der Waals surface area (Å²) in [5.41, 5.74) is 1.85. The molecule has 0 aromatic carbocycles. The largest absolute Gasteiger partial charge is 0.444 e. The van der Waals surface area contributed by atoms with Crippen LogP contribution >= 0.6 is 0 Å². The molecule has 3 heterocycles. The number of hydrogen-bond acceptors (Lipinski definition) is 5. The fourth-order valence-electron chi connectivity index (χ4n) is 4.44. The van der Waals surface area contributed by atoms with Crippen molar-refractivity contribution >= 4 is 11.9 Å². The van der Waals surface area contributed by atoms with Crippen LogP contribution < -0.4 is 4.90 Å². The summed E-state index contributed by atoms with van der Waals surface area (Å²) in [7, 11) is 1.78. The van der Waals surface area contributed by atoms with Crippen LogP contribution in [0.4, 0.5) is 10.6 Å². The third-order valence-corrected chi connectivity index (χ3v) is 5.71. The molecule has 0 spiro atoms. The average Bonchev–Trinajstić information content (AvgIpc) is 3.33. The molecule has 1 aromatic rings. The number of aromatic nitrogens is 1.